The molecule has 0 aromatic heterocycles. The number of anilines is 1. The largest absolute Gasteiger partial charge is 0.469 e. The lowest BCUT2D eigenvalue weighted by molar-refractivity contribution is -0.142. The van der Waals surface area contributed by atoms with Gasteiger partial charge in [-0.1, -0.05) is 26.0 Å². The zero-order chi connectivity index (χ0) is 22.8. The summed E-state index contributed by atoms with van der Waals surface area (Å²) in [5.41, 5.74) is 0.338. The summed E-state index contributed by atoms with van der Waals surface area (Å²) in [7, 11) is 1.33. The maximum Gasteiger partial charge on any atom is 0.307 e. The van der Waals surface area contributed by atoms with Crippen LogP contribution >= 0.6 is 0 Å². The van der Waals surface area contributed by atoms with E-state index in [1.165, 1.54) is 7.11 Å². The van der Waals surface area contributed by atoms with Crippen LogP contribution in [-0.4, -0.2) is 65.9 Å². The molecule has 1 aromatic rings. The van der Waals surface area contributed by atoms with Crippen molar-refractivity contribution in [1.82, 2.24) is 9.80 Å². The summed E-state index contributed by atoms with van der Waals surface area (Å²) in [5, 5.41) is 0. The van der Waals surface area contributed by atoms with Crippen molar-refractivity contribution in [3.8, 4) is 0 Å². The highest BCUT2D eigenvalue weighted by Crippen LogP contribution is 2.43. The lowest BCUT2D eigenvalue weighted by Gasteiger charge is -2.48. The molecule has 0 N–H and O–H groups in total. The van der Waals surface area contributed by atoms with E-state index in [1.807, 2.05) is 26.8 Å². The molecule has 8 nitrogen and oxygen atoms in total. The third-order valence-electron chi connectivity index (χ3n) is 6.05. The first-order chi connectivity index (χ1) is 14.7. The fraction of sp³-hybridized carbons (Fsp3) is 0.565. The standard InChI is InChI=1S/C23H31N3O5/c1-16(2)15-24(13-11-21(29)31-4)19(27)10-14-25-22(30)17-7-5-6-8-18(17)26-20(28)9-12-23(25,26)3/h5-8,16H,9-15H2,1-4H3. The predicted octanol–water partition coefficient (Wildman–Crippen LogP) is 2.42. The van der Waals surface area contributed by atoms with Crippen LogP contribution in [0.25, 0.3) is 0 Å². The van der Waals surface area contributed by atoms with E-state index in [0.717, 1.165) is 0 Å². The number of hydrogen-bond acceptors (Lipinski definition) is 5. The summed E-state index contributed by atoms with van der Waals surface area (Å²) in [6.45, 7) is 6.91. The van der Waals surface area contributed by atoms with E-state index in [4.69, 9.17) is 4.74 Å². The molecule has 1 saturated heterocycles. The van der Waals surface area contributed by atoms with Crippen LogP contribution in [0, 0.1) is 5.92 Å². The molecule has 1 fully saturated rings. The molecule has 8 heteroatoms. The first-order valence-corrected chi connectivity index (χ1v) is 10.8. The number of amides is 3. The Morgan fingerprint density at radius 1 is 1.19 bits per heavy atom. The van der Waals surface area contributed by atoms with Gasteiger partial charge in [-0.15, -0.1) is 0 Å². The molecule has 1 aromatic carbocycles. The number of methoxy groups -OCH3 is 1. The number of benzene rings is 1. The van der Waals surface area contributed by atoms with Crippen LogP contribution < -0.4 is 4.90 Å². The Morgan fingerprint density at radius 3 is 2.58 bits per heavy atom. The van der Waals surface area contributed by atoms with Crippen LogP contribution in [0.2, 0.25) is 0 Å². The predicted molar refractivity (Wildman–Crippen MR) is 115 cm³/mol. The van der Waals surface area contributed by atoms with Gasteiger partial charge in [0.1, 0.15) is 5.66 Å². The van der Waals surface area contributed by atoms with E-state index in [-0.39, 0.29) is 55.5 Å². The number of fused-ring (bicyclic) bond motifs is 3. The second-order valence-electron chi connectivity index (χ2n) is 8.73. The summed E-state index contributed by atoms with van der Waals surface area (Å²) in [6, 6.07) is 7.12. The van der Waals surface area contributed by atoms with Crippen LogP contribution in [0.15, 0.2) is 24.3 Å². The molecule has 3 rings (SSSR count). The van der Waals surface area contributed by atoms with Crippen molar-refractivity contribution in [2.24, 2.45) is 5.92 Å². The summed E-state index contributed by atoms with van der Waals surface area (Å²) >= 11 is 0. The molecule has 0 spiro atoms. The fourth-order valence-corrected chi connectivity index (χ4v) is 4.49. The third-order valence-corrected chi connectivity index (χ3v) is 6.05. The highest BCUT2D eigenvalue weighted by atomic mass is 16.5. The van der Waals surface area contributed by atoms with Gasteiger partial charge in [-0.3, -0.25) is 24.1 Å². The number of para-hydroxylation sites is 1. The monoisotopic (exact) mass is 429 g/mol. The molecule has 31 heavy (non-hydrogen) atoms. The van der Waals surface area contributed by atoms with E-state index in [2.05, 4.69) is 0 Å². The van der Waals surface area contributed by atoms with Gasteiger partial charge in [0.15, 0.2) is 0 Å². The topological polar surface area (TPSA) is 87.2 Å². The van der Waals surface area contributed by atoms with Crippen molar-refractivity contribution < 1.29 is 23.9 Å². The van der Waals surface area contributed by atoms with Crippen molar-refractivity contribution in [3.05, 3.63) is 29.8 Å². The second-order valence-corrected chi connectivity index (χ2v) is 8.73. The summed E-state index contributed by atoms with van der Waals surface area (Å²) in [6.07, 6.45) is 1.14. The second kappa shape index (κ2) is 9.08. The molecule has 2 aliphatic heterocycles. The van der Waals surface area contributed by atoms with Gasteiger partial charge in [0.25, 0.3) is 5.91 Å². The van der Waals surface area contributed by atoms with Gasteiger partial charge in [0.05, 0.1) is 24.8 Å². The number of carbonyl (C=O) groups excluding carboxylic acids is 4. The Bertz CT molecular complexity index is 884. The SMILES string of the molecule is COC(=O)CCN(CC(C)C)C(=O)CCN1C(=O)c2ccccc2N2C(=O)CCC12C. The number of nitrogens with zero attached hydrogens (tertiary/aromatic N) is 3. The van der Waals surface area contributed by atoms with E-state index >= 15 is 0 Å². The Balaban J connectivity index is 1.78. The summed E-state index contributed by atoms with van der Waals surface area (Å²) < 4.78 is 4.69. The highest BCUT2D eigenvalue weighted by Gasteiger charge is 2.52. The first kappa shape index (κ1) is 22.8. The van der Waals surface area contributed by atoms with E-state index in [0.29, 0.717) is 30.6 Å². The van der Waals surface area contributed by atoms with Crippen LogP contribution in [0.1, 0.15) is 56.8 Å². The molecular weight excluding hydrogens is 398 g/mol. The minimum atomic E-state index is -0.780. The van der Waals surface area contributed by atoms with Crippen LogP contribution in [0.5, 0.6) is 0 Å². The van der Waals surface area contributed by atoms with Crippen molar-refractivity contribution in [1.29, 1.82) is 0 Å². The number of esters is 1. The van der Waals surface area contributed by atoms with Gasteiger partial charge in [0, 0.05) is 32.5 Å². The molecule has 0 radical (unpaired) electrons. The lowest BCUT2D eigenvalue weighted by atomic mass is 9.98. The highest BCUT2D eigenvalue weighted by molar-refractivity contribution is 6.10. The lowest BCUT2D eigenvalue weighted by Crippen LogP contribution is -2.62. The van der Waals surface area contributed by atoms with Crippen molar-refractivity contribution >= 4 is 29.4 Å². The normalized spacial score (nSPS) is 20.0. The summed E-state index contributed by atoms with van der Waals surface area (Å²) in [5.74, 6) is -0.425. The molecule has 2 heterocycles. The zero-order valence-corrected chi connectivity index (χ0v) is 18.7. The average Bonchev–Trinajstić information content (AvgIpc) is 3.05. The molecule has 168 valence electrons. The molecule has 3 amide bonds. The van der Waals surface area contributed by atoms with Gasteiger partial charge in [0.2, 0.25) is 11.8 Å². The Kier molecular flexibility index (Phi) is 6.67. The van der Waals surface area contributed by atoms with E-state index in [9.17, 15) is 19.2 Å². The zero-order valence-electron chi connectivity index (χ0n) is 18.7. The van der Waals surface area contributed by atoms with Gasteiger partial charge in [-0.2, -0.15) is 0 Å². The quantitative estimate of drug-likeness (QED) is 0.593. The number of ether oxygens (including phenoxy) is 1. The minimum absolute atomic E-state index is 0.0155. The average molecular weight is 430 g/mol. The van der Waals surface area contributed by atoms with Gasteiger partial charge >= 0.3 is 5.97 Å². The summed E-state index contributed by atoms with van der Waals surface area (Å²) in [4.78, 5) is 55.5. The molecule has 0 aliphatic carbocycles. The van der Waals surface area contributed by atoms with Gasteiger partial charge in [-0.25, -0.2) is 0 Å². The van der Waals surface area contributed by atoms with Crippen LogP contribution in [-0.2, 0) is 19.1 Å². The fourth-order valence-electron chi connectivity index (χ4n) is 4.49. The van der Waals surface area contributed by atoms with Crippen molar-refractivity contribution in [3.63, 3.8) is 0 Å². The van der Waals surface area contributed by atoms with Crippen molar-refractivity contribution in [2.75, 3.05) is 31.6 Å². The molecule has 2 aliphatic rings. The van der Waals surface area contributed by atoms with Gasteiger partial charge < -0.3 is 14.5 Å². The van der Waals surface area contributed by atoms with Crippen molar-refractivity contribution in [2.45, 2.75) is 52.1 Å². The number of rotatable bonds is 8. The van der Waals surface area contributed by atoms with E-state index < -0.39 is 5.66 Å². The Labute approximate surface area is 183 Å². The Morgan fingerprint density at radius 2 is 1.90 bits per heavy atom. The maximum absolute atomic E-state index is 13.3. The molecular formula is C23H31N3O5. The molecule has 1 atom stereocenters. The number of carbonyl (C=O) groups is 4. The Hall–Kier alpha value is -2.90. The molecule has 0 bridgehead atoms. The van der Waals surface area contributed by atoms with Crippen LogP contribution in [0.4, 0.5) is 5.69 Å². The van der Waals surface area contributed by atoms with Crippen LogP contribution in [0.3, 0.4) is 0 Å². The smallest absolute Gasteiger partial charge is 0.307 e. The number of hydrogen-bond donors (Lipinski definition) is 0. The third kappa shape index (κ3) is 4.43. The first-order valence-electron chi connectivity index (χ1n) is 10.8. The molecule has 1 unspecified atom stereocenters. The maximum atomic E-state index is 13.3. The minimum Gasteiger partial charge on any atom is -0.469 e. The van der Waals surface area contributed by atoms with Gasteiger partial charge in [-0.05, 0) is 31.4 Å². The molecule has 0 saturated carbocycles. The van der Waals surface area contributed by atoms with E-state index in [1.54, 1.807) is 32.9 Å².